The van der Waals surface area contributed by atoms with Gasteiger partial charge in [0.25, 0.3) is 5.91 Å². The predicted octanol–water partition coefficient (Wildman–Crippen LogP) is 3.04. The lowest BCUT2D eigenvalue weighted by Gasteiger charge is -2.07. The number of methoxy groups -OCH3 is 1. The summed E-state index contributed by atoms with van der Waals surface area (Å²) in [6.45, 7) is 4.42. The summed E-state index contributed by atoms with van der Waals surface area (Å²) in [5, 5.41) is 8.46. The van der Waals surface area contributed by atoms with Gasteiger partial charge in [0, 0.05) is 42.3 Å². The van der Waals surface area contributed by atoms with E-state index in [0.29, 0.717) is 23.2 Å². The van der Waals surface area contributed by atoms with E-state index in [1.807, 2.05) is 29.9 Å². The van der Waals surface area contributed by atoms with Crippen molar-refractivity contribution in [3.05, 3.63) is 47.7 Å². The van der Waals surface area contributed by atoms with Crippen LogP contribution in [0.2, 0.25) is 0 Å². The minimum absolute atomic E-state index is 0.210. The summed E-state index contributed by atoms with van der Waals surface area (Å²) in [7, 11) is 1.54. The molecule has 1 aromatic carbocycles. The van der Waals surface area contributed by atoms with E-state index in [4.69, 9.17) is 9.47 Å². The number of nitrogens with one attached hydrogen (secondary N) is 1. The molecule has 1 fully saturated rings. The smallest absolute Gasteiger partial charge is 0.256 e. The molecule has 27 heavy (non-hydrogen) atoms. The largest absolute Gasteiger partial charge is 0.481 e. The first kappa shape index (κ1) is 17.5. The van der Waals surface area contributed by atoms with Crippen LogP contribution < -0.4 is 10.1 Å². The maximum atomic E-state index is 12.7. The molecule has 140 valence electrons. The lowest BCUT2D eigenvalue weighted by atomic mass is 10.1. The molecule has 3 heterocycles. The van der Waals surface area contributed by atoms with E-state index in [-0.39, 0.29) is 5.91 Å². The molecule has 7 heteroatoms. The number of rotatable bonds is 5. The first-order chi connectivity index (χ1) is 13.1. The fourth-order valence-electron chi connectivity index (χ4n) is 3.36. The fraction of sp³-hybridized carbons (Fsp3) is 0.350. The number of ether oxygens (including phenoxy) is 2. The monoisotopic (exact) mass is 366 g/mol. The first-order valence-corrected chi connectivity index (χ1v) is 9.00. The average Bonchev–Trinajstić information content (AvgIpc) is 3.31. The van der Waals surface area contributed by atoms with Crippen LogP contribution >= 0.6 is 0 Å². The third kappa shape index (κ3) is 3.78. The molecule has 2 aromatic heterocycles. The Morgan fingerprint density at radius 1 is 1.41 bits per heavy atom. The first-order valence-electron chi connectivity index (χ1n) is 9.00. The third-order valence-electron chi connectivity index (χ3n) is 4.75. The van der Waals surface area contributed by atoms with Crippen molar-refractivity contribution in [2.24, 2.45) is 5.92 Å². The third-order valence-corrected chi connectivity index (χ3v) is 4.75. The van der Waals surface area contributed by atoms with Crippen molar-refractivity contribution < 1.29 is 14.3 Å². The average molecular weight is 366 g/mol. The second-order valence-corrected chi connectivity index (χ2v) is 6.83. The zero-order valence-electron chi connectivity index (χ0n) is 15.4. The van der Waals surface area contributed by atoms with Gasteiger partial charge in [-0.2, -0.15) is 10.1 Å². The molecule has 1 atom stereocenters. The molecule has 1 amide bonds. The Morgan fingerprint density at radius 3 is 3.07 bits per heavy atom. The van der Waals surface area contributed by atoms with Gasteiger partial charge in [-0.15, -0.1) is 0 Å². The number of pyridine rings is 1. The zero-order valence-corrected chi connectivity index (χ0v) is 15.4. The SMILES string of the molecule is COc1cccc(NC(=O)c2cc(C)c3nn(CC4CCOC4)cc3c2)n1. The van der Waals surface area contributed by atoms with E-state index in [1.165, 1.54) is 0 Å². The van der Waals surface area contributed by atoms with Crippen molar-refractivity contribution in [3.8, 4) is 5.88 Å². The number of hydrogen-bond acceptors (Lipinski definition) is 5. The molecule has 1 unspecified atom stereocenters. The van der Waals surface area contributed by atoms with Gasteiger partial charge in [-0.1, -0.05) is 6.07 Å². The maximum Gasteiger partial charge on any atom is 0.256 e. The van der Waals surface area contributed by atoms with Gasteiger partial charge in [0.1, 0.15) is 5.82 Å². The van der Waals surface area contributed by atoms with Gasteiger partial charge in [0.05, 0.1) is 19.2 Å². The number of amides is 1. The number of aryl methyl sites for hydroxylation is 1. The van der Waals surface area contributed by atoms with E-state index < -0.39 is 0 Å². The normalized spacial score (nSPS) is 16.6. The second kappa shape index (κ2) is 7.36. The lowest BCUT2D eigenvalue weighted by molar-refractivity contribution is 0.102. The number of fused-ring (bicyclic) bond motifs is 1. The van der Waals surface area contributed by atoms with Gasteiger partial charge in [0.15, 0.2) is 0 Å². The maximum absolute atomic E-state index is 12.7. The molecule has 1 aliphatic heterocycles. The summed E-state index contributed by atoms with van der Waals surface area (Å²) in [5.74, 6) is 1.20. The van der Waals surface area contributed by atoms with E-state index in [0.717, 1.165) is 42.6 Å². The Kier molecular flexibility index (Phi) is 4.77. The van der Waals surface area contributed by atoms with Crippen molar-refractivity contribution in [2.45, 2.75) is 19.9 Å². The van der Waals surface area contributed by atoms with Crippen LogP contribution in [-0.2, 0) is 11.3 Å². The lowest BCUT2D eigenvalue weighted by Crippen LogP contribution is -2.13. The topological polar surface area (TPSA) is 78.3 Å². The molecule has 0 aliphatic carbocycles. The summed E-state index contributed by atoms with van der Waals surface area (Å²) >= 11 is 0. The number of benzene rings is 1. The van der Waals surface area contributed by atoms with E-state index in [9.17, 15) is 4.79 Å². The quantitative estimate of drug-likeness (QED) is 0.751. The highest BCUT2D eigenvalue weighted by atomic mass is 16.5. The molecular formula is C20H22N4O3. The molecule has 3 aromatic rings. The molecule has 1 saturated heterocycles. The number of hydrogen-bond donors (Lipinski definition) is 1. The molecule has 1 N–H and O–H groups in total. The zero-order chi connectivity index (χ0) is 18.8. The van der Waals surface area contributed by atoms with Crippen LogP contribution in [0.15, 0.2) is 36.5 Å². The highest BCUT2D eigenvalue weighted by Gasteiger charge is 2.18. The van der Waals surface area contributed by atoms with Crippen LogP contribution in [0.5, 0.6) is 5.88 Å². The van der Waals surface area contributed by atoms with Crippen LogP contribution in [0, 0.1) is 12.8 Å². The summed E-state index contributed by atoms with van der Waals surface area (Å²) in [5.41, 5.74) is 2.47. The Hall–Kier alpha value is -2.93. The summed E-state index contributed by atoms with van der Waals surface area (Å²) in [6.07, 6.45) is 3.07. The van der Waals surface area contributed by atoms with Crippen LogP contribution in [0.3, 0.4) is 0 Å². The Balaban J connectivity index is 1.56. The van der Waals surface area contributed by atoms with Crippen molar-refractivity contribution in [1.82, 2.24) is 14.8 Å². The van der Waals surface area contributed by atoms with Gasteiger partial charge < -0.3 is 14.8 Å². The molecule has 7 nitrogen and oxygen atoms in total. The Morgan fingerprint density at radius 2 is 2.30 bits per heavy atom. The summed E-state index contributed by atoms with van der Waals surface area (Å²) < 4.78 is 12.5. The molecule has 0 bridgehead atoms. The molecule has 4 rings (SSSR count). The summed E-state index contributed by atoms with van der Waals surface area (Å²) in [6, 6.07) is 8.97. The minimum atomic E-state index is -0.210. The summed E-state index contributed by atoms with van der Waals surface area (Å²) in [4.78, 5) is 16.9. The van der Waals surface area contributed by atoms with E-state index >= 15 is 0 Å². The van der Waals surface area contributed by atoms with Crippen LogP contribution in [0.25, 0.3) is 10.9 Å². The number of nitrogens with zero attached hydrogens (tertiary/aromatic N) is 3. The standard InChI is InChI=1S/C20H22N4O3/c1-13-8-15(20(25)22-17-4-3-5-18(21-17)26-2)9-16-11-24(23-19(13)16)10-14-6-7-27-12-14/h3-5,8-9,11,14H,6-7,10,12H2,1-2H3,(H,21,22,25). The van der Waals surface area contributed by atoms with Gasteiger partial charge in [-0.05, 0) is 37.1 Å². The van der Waals surface area contributed by atoms with Crippen molar-refractivity contribution >= 4 is 22.6 Å². The van der Waals surface area contributed by atoms with E-state index in [2.05, 4.69) is 15.4 Å². The highest BCUT2D eigenvalue weighted by molar-refractivity contribution is 6.06. The van der Waals surface area contributed by atoms with Crippen molar-refractivity contribution in [3.63, 3.8) is 0 Å². The minimum Gasteiger partial charge on any atom is -0.481 e. The van der Waals surface area contributed by atoms with E-state index in [1.54, 1.807) is 25.3 Å². The van der Waals surface area contributed by atoms with Crippen LogP contribution in [0.4, 0.5) is 5.82 Å². The molecule has 0 spiro atoms. The molecule has 1 aliphatic rings. The van der Waals surface area contributed by atoms with Crippen LogP contribution in [0.1, 0.15) is 22.3 Å². The highest BCUT2D eigenvalue weighted by Crippen LogP contribution is 2.22. The van der Waals surface area contributed by atoms with Gasteiger partial charge >= 0.3 is 0 Å². The van der Waals surface area contributed by atoms with Gasteiger partial charge in [-0.25, -0.2) is 0 Å². The predicted molar refractivity (Wildman–Crippen MR) is 102 cm³/mol. The molecular weight excluding hydrogens is 344 g/mol. The fourth-order valence-corrected chi connectivity index (χ4v) is 3.36. The van der Waals surface area contributed by atoms with Crippen molar-refractivity contribution in [1.29, 1.82) is 0 Å². The Bertz CT molecular complexity index is 977. The van der Waals surface area contributed by atoms with Crippen molar-refractivity contribution in [2.75, 3.05) is 25.6 Å². The molecule has 0 saturated carbocycles. The van der Waals surface area contributed by atoms with Gasteiger partial charge in [0.2, 0.25) is 5.88 Å². The Labute approximate surface area is 157 Å². The number of carbonyl (C=O) groups excluding carboxylic acids is 1. The second-order valence-electron chi connectivity index (χ2n) is 6.83. The van der Waals surface area contributed by atoms with Crippen LogP contribution in [-0.4, -0.2) is 41.0 Å². The number of anilines is 1. The number of aromatic nitrogens is 3. The number of carbonyl (C=O) groups is 1. The van der Waals surface area contributed by atoms with Gasteiger partial charge in [-0.3, -0.25) is 9.48 Å². The molecule has 0 radical (unpaired) electrons.